The number of nitrogens with zero attached hydrogens (tertiary/aromatic N) is 3. The average Bonchev–Trinajstić information content (AvgIpc) is 2.75. The van der Waals surface area contributed by atoms with E-state index in [4.69, 9.17) is 4.74 Å². The smallest absolute Gasteiger partial charge is 0.338 e. The van der Waals surface area contributed by atoms with Gasteiger partial charge in [-0.3, -0.25) is 9.67 Å². The van der Waals surface area contributed by atoms with Crippen molar-refractivity contribution >= 4 is 17.9 Å². The van der Waals surface area contributed by atoms with Gasteiger partial charge in [0.1, 0.15) is 0 Å². The molecule has 104 valence electrons. The molecule has 1 aromatic carbocycles. The third kappa shape index (κ3) is 3.32. The van der Waals surface area contributed by atoms with Gasteiger partial charge in [0.2, 0.25) is 0 Å². The molecule has 5 heteroatoms. The van der Waals surface area contributed by atoms with Crippen LogP contribution in [-0.4, -0.2) is 28.6 Å². The van der Waals surface area contributed by atoms with Crippen molar-refractivity contribution in [2.75, 3.05) is 6.61 Å². The summed E-state index contributed by atoms with van der Waals surface area (Å²) >= 11 is 0. The van der Waals surface area contributed by atoms with Gasteiger partial charge in [0, 0.05) is 25.0 Å². The Bertz CT molecular complexity index is 627. The van der Waals surface area contributed by atoms with E-state index in [1.807, 2.05) is 20.2 Å². The topological polar surface area (TPSA) is 56.5 Å². The minimum Gasteiger partial charge on any atom is -0.462 e. The van der Waals surface area contributed by atoms with Gasteiger partial charge in [0.15, 0.2) is 0 Å². The molecule has 0 saturated carbocycles. The molecule has 0 saturated heterocycles. The summed E-state index contributed by atoms with van der Waals surface area (Å²) in [7, 11) is 1.87. The van der Waals surface area contributed by atoms with Gasteiger partial charge >= 0.3 is 5.97 Å². The molecule has 20 heavy (non-hydrogen) atoms. The van der Waals surface area contributed by atoms with Crippen LogP contribution < -0.4 is 0 Å². The molecule has 0 amide bonds. The van der Waals surface area contributed by atoms with E-state index in [0.717, 1.165) is 16.9 Å². The molecule has 2 aromatic rings. The Labute approximate surface area is 117 Å². The third-order valence-electron chi connectivity index (χ3n) is 2.78. The number of aryl methyl sites for hydroxylation is 2. The van der Waals surface area contributed by atoms with Crippen LogP contribution in [0, 0.1) is 6.92 Å². The molecule has 1 aromatic heterocycles. The van der Waals surface area contributed by atoms with E-state index in [9.17, 15) is 4.79 Å². The first-order chi connectivity index (χ1) is 9.60. The summed E-state index contributed by atoms with van der Waals surface area (Å²) in [5, 5.41) is 4.25. The third-order valence-corrected chi connectivity index (χ3v) is 2.78. The molecule has 2 rings (SSSR count). The fraction of sp³-hybridized carbons (Fsp3) is 0.267. The lowest BCUT2D eigenvalue weighted by molar-refractivity contribution is 0.0526. The molecular formula is C15H17N3O2. The maximum Gasteiger partial charge on any atom is 0.338 e. The molecule has 0 bridgehead atoms. The molecule has 1 heterocycles. The predicted octanol–water partition coefficient (Wildman–Crippen LogP) is 2.66. The van der Waals surface area contributed by atoms with E-state index in [-0.39, 0.29) is 5.97 Å². The molecule has 0 radical (unpaired) electrons. The molecule has 5 nitrogen and oxygen atoms in total. The Morgan fingerprint density at radius 2 is 2.10 bits per heavy atom. The SMILES string of the molecule is CCOC(=O)c1ccc(N=Cc2cn(C)nc2C)cc1. The summed E-state index contributed by atoms with van der Waals surface area (Å²) in [6, 6.07) is 6.99. The van der Waals surface area contributed by atoms with Crippen LogP contribution in [0.4, 0.5) is 5.69 Å². The lowest BCUT2D eigenvalue weighted by Crippen LogP contribution is -2.03. The normalized spacial score (nSPS) is 10.9. The summed E-state index contributed by atoms with van der Waals surface area (Å²) in [6.07, 6.45) is 3.67. The second kappa shape index (κ2) is 6.14. The van der Waals surface area contributed by atoms with Crippen LogP contribution in [0.25, 0.3) is 0 Å². The average molecular weight is 271 g/mol. The van der Waals surface area contributed by atoms with Crippen molar-refractivity contribution < 1.29 is 9.53 Å². The van der Waals surface area contributed by atoms with Gasteiger partial charge in [-0.15, -0.1) is 0 Å². The number of benzene rings is 1. The highest BCUT2D eigenvalue weighted by Crippen LogP contribution is 2.14. The van der Waals surface area contributed by atoms with Gasteiger partial charge < -0.3 is 4.74 Å². The Kier molecular flexibility index (Phi) is 4.30. The van der Waals surface area contributed by atoms with Gasteiger partial charge in [-0.05, 0) is 38.1 Å². The maximum atomic E-state index is 11.5. The predicted molar refractivity (Wildman–Crippen MR) is 77.6 cm³/mol. The van der Waals surface area contributed by atoms with E-state index < -0.39 is 0 Å². The van der Waals surface area contributed by atoms with Crippen LogP contribution in [0.15, 0.2) is 35.5 Å². The highest BCUT2D eigenvalue weighted by Gasteiger charge is 2.05. The van der Waals surface area contributed by atoms with Crippen LogP contribution in [-0.2, 0) is 11.8 Å². The van der Waals surface area contributed by atoms with Crippen molar-refractivity contribution in [3.05, 3.63) is 47.3 Å². The van der Waals surface area contributed by atoms with Crippen LogP contribution in [0.3, 0.4) is 0 Å². The minimum absolute atomic E-state index is 0.314. The van der Waals surface area contributed by atoms with Gasteiger partial charge in [-0.1, -0.05) is 0 Å². The molecular weight excluding hydrogens is 254 g/mol. The molecule has 0 atom stereocenters. The van der Waals surface area contributed by atoms with Crippen molar-refractivity contribution in [3.8, 4) is 0 Å². The van der Waals surface area contributed by atoms with Crippen molar-refractivity contribution in [3.63, 3.8) is 0 Å². The zero-order valence-electron chi connectivity index (χ0n) is 11.8. The van der Waals surface area contributed by atoms with Crippen molar-refractivity contribution in [2.45, 2.75) is 13.8 Å². The maximum absolute atomic E-state index is 11.5. The number of hydrogen-bond acceptors (Lipinski definition) is 4. The Hall–Kier alpha value is -2.43. The number of hydrogen-bond donors (Lipinski definition) is 0. The van der Waals surface area contributed by atoms with E-state index in [2.05, 4.69) is 10.1 Å². The highest BCUT2D eigenvalue weighted by molar-refractivity contribution is 5.90. The van der Waals surface area contributed by atoms with Crippen molar-refractivity contribution in [2.24, 2.45) is 12.0 Å². The first-order valence-corrected chi connectivity index (χ1v) is 6.41. The largest absolute Gasteiger partial charge is 0.462 e. The fourth-order valence-electron chi connectivity index (χ4n) is 1.79. The monoisotopic (exact) mass is 271 g/mol. The lowest BCUT2D eigenvalue weighted by atomic mass is 10.2. The van der Waals surface area contributed by atoms with Crippen LogP contribution in [0.5, 0.6) is 0 Å². The molecule has 0 unspecified atom stereocenters. The van der Waals surface area contributed by atoms with Crippen LogP contribution >= 0.6 is 0 Å². The Morgan fingerprint density at radius 3 is 2.65 bits per heavy atom. The Balaban J connectivity index is 2.11. The second-order valence-electron chi connectivity index (χ2n) is 4.37. The van der Waals surface area contributed by atoms with E-state index in [1.54, 1.807) is 42.1 Å². The van der Waals surface area contributed by atoms with E-state index in [1.165, 1.54) is 0 Å². The van der Waals surface area contributed by atoms with Crippen molar-refractivity contribution in [1.82, 2.24) is 9.78 Å². The zero-order chi connectivity index (χ0) is 14.5. The van der Waals surface area contributed by atoms with Crippen LogP contribution in [0.1, 0.15) is 28.5 Å². The summed E-state index contributed by atoms with van der Waals surface area (Å²) in [5.41, 5.74) is 3.21. The summed E-state index contributed by atoms with van der Waals surface area (Å²) in [5.74, 6) is -0.314. The molecule has 0 aliphatic heterocycles. The molecule has 0 aliphatic carbocycles. The van der Waals surface area contributed by atoms with Gasteiger partial charge in [-0.2, -0.15) is 5.10 Å². The first kappa shape index (κ1) is 14.0. The lowest BCUT2D eigenvalue weighted by Gasteiger charge is -2.01. The molecule has 0 spiro atoms. The zero-order valence-corrected chi connectivity index (χ0v) is 11.8. The van der Waals surface area contributed by atoms with Crippen LogP contribution in [0.2, 0.25) is 0 Å². The quantitative estimate of drug-likeness (QED) is 0.634. The summed E-state index contributed by atoms with van der Waals surface area (Å²) < 4.78 is 6.68. The number of aromatic nitrogens is 2. The standard InChI is InChI=1S/C15H17N3O2/c1-4-20-15(19)12-5-7-14(8-6-12)16-9-13-10-18(3)17-11(13)2/h5-10H,4H2,1-3H3. The number of esters is 1. The number of carbonyl (C=O) groups excluding carboxylic acids is 1. The number of carbonyl (C=O) groups is 1. The Morgan fingerprint density at radius 1 is 1.40 bits per heavy atom. The van der Waals surface area contributed by atoms with E-state index >= 15 is 0 Å². The van der Waals surface area contributed by atoms with Gasteiger partial charge in [-0.25, -0.2) is 4.79 Å². The van der Waals surface area contributed by atoms with Gasteiger partial charge in [0.05, 0.1) is 23.6 Å². The second-order valence-corrected chi connectivity index (χ2v) is 4.37. The number of rotatable bonds is 4. The van der Waals surface area contributed by atoms with Gasteiger partial charge in [0.25, 0.3) is 0 Å². The summed E-state index contributed by atoms with van der Waals surface area (Å²) in [4.78, 5) is 15.9. The molecule has 0 N–H and O–H groups in total. The van der Waals surface area contributed by atoms with E-state index in [0.29, 0.717) is 12.2 Å². The fourth-order valence-corrected chi connectivity index (χ4v) is 1.79. The van der Waals surface area contributed by atoms with Crippen molar-refractivity contribution in [1.29, 1.82) is 0 Å². The highest BCUT2D eigenvalue weighted by atomic mass is 16.5. The number of ether oxygens (including phenoxy) is 1. The summed E-state index contributed by atoms with van der Waals surface area (Å²) in [6.45, 7) is 4.09. The first-order valence-electron chi connectivity index (χ1n) is 6.41. The molecule has 0 aliphatic rings. The molecule has 0 fully saturated rings. The number of aliphatic imine (C=N–C) groups is 1. The minimum atomic E-state index is -0.314.